The molecular formula is C10H12AsNO6. The minimum absolute atomic E-state index is 0.0726. The SMILES string of the molecule is CC(=O)N(C(C)=O)c1ccccc1[As](=O)(O)OO. The van der Waals surface area contributed by atoms with Crippen LogP contribution in [0.1, 0.15) is 13.8 Å². The Morgan fingerprint density at radius 2 is 1.72 bits per heavy atom. The zero-order valence-electron chi connectivity index (χ0n) is 9.73. The summed E-state index contributed by atoms with van der Waals surface area (Å²) in [5.41, 5.74) is -0.0726. The van der Waals surface area contributed by atoms with Crippen molar-refractivity contribution in [3.8, 4) is 0 Å². The standard InChI is InChI=1S/C10H12AsNO6/c1-7(13)12(8(2)14)10-6-4-3-5-9(10)11(15,16)18-17/h3-6,17H,1-2H3,(H,15,16). The molecule has 0 aliphatic heterocycles. The number of anilines is 1. The molecule has 1 rings (SSSR count). The maximum absolute atomic E-state index is 11.6. The molecule has 0 saturated heterocycles. The Kier molecular flexibility index (Phi) is 4.47. The van der Waals surface area contributed by atoms with E-state index in [0.29, 0.717) is 0 Å². The third-order valence-corrected chi connectivity index (χ3v) is 4.70. The van der Waals surface area contributed by atoms with Crippen LogP contribution in [-0.2, 0) is 17.2 Å². The van der Waals surface area contributed by atoms with Crippen molar-refractivity contribution in [3.63, 3.8) is 0 Å². The molecule has 0 radical (unpaired) electrons. The molecule has 1 atom stereocenters. The van der Waals surface area contributed by atoms with Gasteiger partial charge in [-0.1, -0.05) is 0 Å². The van der Waals surface area contributed by atoms with Crippen molar-refractivity contribution in [1.29, 1.82) is 0 Å². The zero-order valence-corrected chi connectivity index (χ0v) is 11.6. The van der Waals surface area contributed by atoms with E-state index in [9.17, 15) is 17.4 Å². The van der Waals surface area contributed by atoms with Gasteiger partial charge >= 0.3 is 106 Å². The molecule has 18 heavy (non-hydrogen) atoms. The van der Waals surface area contributed by atoms with E-state index in [1.54, 1.807) is 0 Å². The van der Waals surface area contributed by atoms with E-state index in [0.717, 1.165) is 18.7 Å². The van der Waals surface area contributed by atoms with Crippen LogP contribution >= 0.6 is 0 Å². The molecule has 0 heterocycles. The molecule has 0 aliphatic carbocycles. The van der Waals surface area contributed by atoms with E-state index in [-0.39, 0.29) is 10.0 Å². The van der Waals surface area contributed by atoms with Gasteiger partial charge in [0.05, 0.1) is 0 Å². The van der Waals surface area contributed by atoms with Crippen LogP contribution in [0.25, 0.3) is 0 Å². The number of imide groups is 1. The zero-order chi connectivity index (χ0) is 13.9. The number of hydrogen-bond acceptors (Lipinski definition) is 5. The molecule has 8 heteroatoms. The summed E-state index contributed by atoms with van der Waals surface area (Å²) >= 11 is -5.16. The first-order chi connectivity index (χ1) is 8.31. The number of benzene rings is 1. The molecule has 0 spiro atoms. The molecule has 98 valence electrons. The number of carbonyl (C=O) groups is 2. The first-order valence-electron chi connectivity index (χ1n) is 4.88. The van der Waals surface area contributed by atoms with Gasteiger partial charge in [-0.2, -0.15) is 0 Å². The van der Waals surface area contributed by atoms with Gasteiger partial charge < -0.3 is 0 Å². The van der Waals surface area contributed by atoms with Crippen LogP contribution in [0.5, 0.6) is 0 Å². The van der Waals surface area contributed by atoms with Crippen LogP contribution in [0.15, 0.2) is 24.3 Å². The van der Waals surface area contributed by atoms with Gasteiger partial charge in [0, 0.05) is 0 Å². The van der Waals surface area contributed by atoms with E-state index < -0.39 is 26.0 Å². The van der Waals surface area contributed by atoms with Gasteiger partial charge in [0.1, 0.15) is 0 Å². The molecular weight excluding hydrogens is 305 g/mol. The molecule has 2 amide bonds. The van der Waals surface area contributed by atoms with Crippen LogP contribution in [0, 0.1) is 0 Å². The molecule has 2 N–H and O–H groups in total. The van der Waals surface area contributed by atoms with Crippen LogP contribution in [0.2, 0.25) is 0 Å². The fourth-order valence-electron chi connectivity index (χ4n) is 1.50. The monoisotopic (exact) mass is 317 g/mol. The number of rotatable bonds is 3. The molecule has 7 nitrogen and oxygen atoms in total. The Bertz CT molecular complexity index is 515. The second kappa shape index (κ2) is 5.49. The number of carbonyl (C=O) groups excluding carboxylic acids is 2. The van der Waals surface area contributed by atoms with Crippen molar-refractivity contribution in [2.45, 2.75) is 13.8 Å². The first-order valence-corrected chi connectivity index (χ1v) is 8.19. The molecule has 1 aromatic rings. The number of nitrogens with zero attached hydrogens (tertiary/aromatic N) is 1. The van der Waals surface area contributed by atoms with E-state index in [4.69, 9.17) is 5.26 Å². The molecule has 1 aromatic carbocycles. The average Bonchev–Trinajstić information content (AvgIpc) is 2.28. The predicted molar refractivity (Wildman–Crippen MR) is 62.3 cm³/mol. The summed E-state index contributed by atoms with van der Waals surface area (Å²) in [6.07, 6.45) is 0. The van der Waals surface area contributed by atoms with Gasteiger partial charge in [-0.15, -0.1) is 0 Å². The van der Waals surface area contributed by atoms with Crippen molar-refractivity contribution >= 4 is 36.0 Å². The third kappa shape index (κ3) is 2.88. The van der Waals surface area contributed by atoms with Crippen LogP contribution in [0.4, 0.5) is 5.69 Å². The first kappa shape index (κ1) is 14.7. The fraction of sp³-hybridized carbons (Fsp3) is 0.200. The molecule has 0 aromatic heterocycles. The van der Waals surface area contributed by atoms with Gasteiger partial charge in [-0.3, -0.25) is 0 Å². The van der Waals surface area contributed by atoms with Crippen molar-refractivity contribution in [2.75, 3.05) is 4.90 Å². The predicted octanol–water partition coefficient (Wildman–Crippen LogP) is -0.356. The second-order valence-electron chi connectivity index (χ2n) is 3.46. The third-order valence-electron chi connectivity index (χ3n) is 2.17. The molecule has 0 bridgehead atoms. The Balaban J connectivity index is 3.46. The maximum atomic E-state index is 11.6. The van der Waals surface area contributed by atoms with Gasteiger partial charge in [-0.05, 0) is 0 Å². The minimum atomic E-state index is -5.16. The van der Waals surface area contributed by atoms with Crippen molar-refractivity contribution in [3.05, 3.63) is 24.3 Å². The van der Waals surface area contributed by atoms with Crippen molar-refractivity contribution in [2.24, 2.45) is 0 Å². The van der Waals surface area contributed by atoms with Gasteiger partial charge in [0.25, 0.3) is 0 Å². The summed E-state index contributed by atoms with van der Waals surface area (Å²) in [5.74, 6) is -1.22. The van der Waals surface area contributed by atoms with E-state index in [1.165, 1.54) is 24.3 Å². The Morgan fingerprint density at radius 1 is 1.22 bits per heavy atom. The topological polar surface area (TPSA) is 104 Å². The molecule has 0 aliphatic rings. The molecule has 1 unspecified atom stereocenters. The Morgan fingerprint density at radius 3 is 2.17 bits per heavy atom. The van der Waals surface area contributed by atoms with Crippen molar-refractivity contribution < 1.29 is 26.6 Å². The molecule has 0 fully saturated rings. The summed E-state index contributed by atoms with van der Waals surface area (Å²) in [6, 6.07) is 5.46. The Hall–Kier alpha value is -1.40. The van der Waals surface area contributed by atoms with Crippen LogP contribution < -0.4 is 9.25 Å². The van der Waals surface area contributed by atoms with E-state index >= 15 is 0 Å². The number of hydrogen-bond donors (Lipinski definition) is 2. The normalized spacial score (nSPS) is 13.8. The fourth-order valence-corrected chi connectivity index (χ4v) is 3.23. The van der Waals surface area contributed by atoms with Gasteiger partial charge in [0.2, 0.25) is 0 Å². The van der Waals surface area contributed by atoms with Crippen molar-refractivity contribution in [1.82, 2.24) is 0 Å². The summed E-state index contributed by atoms with van der Waals surface area (Å²) in [6.45, 7) is 2.29. The van der Waals surface area contributed by atoms with Crippen LogP contribution in [0.3, 0.4) is 0 Å². The van der Waals surface area contributed by atoms with Gasteiger partial charge in [0.15, 0.2) is 0 Å². The molecule has 0 saturated carbocycles. The number of amides is 2. The summed E-state index contributed by atoms with van der Waals surface area (Å²) < 4.78 is 24.5. The summed E-state index contributed by atoms with van der Waals surface area (Å²) in [4.78, 5) is 23.5. The second-order valence-corrected chi connectivity index (χ2v) is 7.00. The van der Waals surface area contributed by atoms with Crippen LogP contribution in [-0.4, -0.2) is 35.3 Å². The number of para-hydroxylation sites is 1. The quantitative estimate of drug-likeness (QED) is 0.448. The van der Waals surface area contributed by atoms with E-state index in [2.05, 4.69) is 3.88 Å². The average molecular weight is 317 g/mol. The Labute approximate surface area is 106 Å². The van der Waals surface area contributed by atoms with E-state index in [1.807, 2.05) is 0 Å². The van der Waals surface area contributed by atoms with Gasteiger partial charge in [-0.25, -0.2) is 0 Å². The summed E-state index contributed by atoms with van der Waals surface area (Å²) in [7, 11) is 0. The summed E-state index contributed by atoms with van der Waals surface area (Å²) in [5, 5.41) is 8.46.